The van der Waals surface area contributed by atoms with E-state index in [0.29, 0.717) is 63.9 Å². The first-order chi connectivity index (χ1) is 22.6. The zero-order chi connectivity index (χ0) is 36.5. The third kappa shape index (κ3) is 29.0. The van der Waals surface area contributed by atoms with E-state index in [4.69, 9.17) is 34.2 Å². The minimum Gasteiger partial charge on any atom is -0.391 e. The molecule has 0 spiro atoms. The quantitative estimate of drug-likeness (QED) is 0.0969. The number of aliphatic hydroxyl groups excluding tert-OH is 2. The third-order valence-electron chi connectivity index (χ3n) is 7.20. The molecule has 5 rings (SSSR count). The summed E-state index contributed by atoms with van der Waals surface area (Å²) in [7, 11) is -7.09. The van der Waals surface area contributed by atoms with Crippen LogP contribution in [0, 0.1) is 5.92 Å². The largest absolute Gasteiger partial charge is 0.391 e. The average Bonchev–Trinajstić information content (AvgIpc) is 3.90. The summed E-state index contributed by atoms with van der Waals surface area (Å²) in [5, 5.41) is 31.7. The van der Waals surface area contributed by atoms with Crippen LogP contribution in [-0.2, 0) is 34.4 Å². The van der Waals surface area contributed by atoms with E-state index in [9.17, 15) is 35.5 Å². The predicted octanol–water partition coefficient (Wildman–Crippen LogP) is -1.58. The monoisotopic (exact) mass is 811 g/mol. The number of hydrogen-bond acceptors (Lipinski definition) is 16. The van der Waals surface area contributed by atoms with Gasteiger partial charge in [-0.25, -0.2) is 30.1 Å². The van der Waals surface area contributed by atoms with Gasteiger partial charge in [0.05, 0.1) is 53.8 Å². The molecule has 4 saturated heterocycles. The molecule has 4 heterocycles. The molecule has 1 aliphatic carbocycles. The highest BCUT2D eigenvalue weighted by Gasteiger charge is 2.23. The van der Waals surface area contributed by atoms with Crippen LogP contribution in [0.15, 0.2) is 0 Å². The van der Waals surface area contributed by atoms with E-state index < -0.39 is 41.7 Å². The van der Waals surface area contributed by atoms with Crippen LogP contribution in [0.25, 0.3) is 0 Å². The molecule has 0 aromatic carbocycles. The van der Waals surface area contributed by atoms with Gasteiger partial charge in [-0.2, -0.15) is 11.8 Å². The van der Waals surface area contributed by atoms with Gasteiger partial charge in [-0.1, -0.05) is 0 Å². The molecule has 0 aromatic rings. The SMILES string of the molecule is C1CSCCN1.COO.ClCC1CC1.NCC(O)CN1CCS(=O)(=O)CC1.O=S1(=O)CCN(CC(O)CCl)CC1.O=S1(=O)CCNCC1. The summed E-state index contributed by atoms with van der Waals surface area (Å²) in [6, 6.07) is 0. The van der Waals surface area contributed by atoms with Gasteiger partial charge >= 0.3 is 0 Å². The summed E-state index contributed by atoms with van der Waals surface area (Å²) in [6.45, 7) is 6.90. The van der Waals surface area contributed by atoms with Crippen LogP contribution in [-0.4, -0.2) is 200 Å². The van der Waals surface area contributed by atoms with Crippen molar-refractivity contribution >= 4 is 64.5 Å². The van der Waals surface area contributed by atoms with Gasteiger partial charge in [0.2, 0.25) is 0 Å². The smallest absolute Gasteiger partial charge is 0.152 e. The maximum Gasteiger partial charge on any atom is 0.152 e. The van der Waals surface area contributed by atoms with Crippen LogP contribution in [0.2, 0.25) is 0 Å². The Bertz CT molecular complexity index is 1010. The molecule has 2 unspecified atom stereocenters. The van der Waals surface area contributed by atoms with E-state index in [-0.39, 0.29) is 35.4 Å². The van der Waals surface area contributed by atoms with Gasteiger partial charge in [0, 0.05) is 95.3 Å². The van der Waals surface area contributed by atoms with Gasteiger partial charge in [0.1, 0.15) is 0 Å². The Labute approximate surface area is 302 Å². The lowest BCUT2D eigenvalue weighted by atomic mass is 10.3. The zero-order valence-electron chi connectivity index (χ0n) is 28.1. The Morgan fingerprint density at radius 1 is 0.750 bits per heavy atom. The molecule has 48 heavy (non-hydrogen) atoms. The lowest BCUT2D eigenvalue weighted by Crippen LogP contribution is -2.45. The Hall–Kier alpha value is 0.420. The molecule has 1 saturated carbocycles. The van der Waals surface area contributed by atoms with E-state index in [0.717, 1.165) is 11.8 Å². The first kappa shape index (κ1) is 48.4. The van der Waals surface area contributed by atoms with Crippen LogP contribution in [0.4, 0.5) is 0 Å². The Morgan fingerprint density at radius 3 is 1.35 bits per heavy atom. The van der Waals surface area contributed by atoms with Gasteiger partial charge in [0.15, 0.2) is 29.5 Å². The molecule has 0 radical (unpaired) electrons. The standard InChI is InChI=1S/C7H14ClNO3S.C7H16N2O3S.C4H7Cl.C4H9NO2S.C4H9NS.CH4O2/c2*8-5-7(10)6-9-1-3-13(11,12)4-2-9;5-3-4-1-2-4;6-8(7)3-1-5-2-4-8;1-3-6-4-2-5-1;1-3-2/h7,10H,1-6H2;7,10H,1-6,8H2;4H,1-3H2;5H,1-4H2;5H,1-4H2;2H,1H3. The molecule has 5 aliphatic rings. The molecule has 0 aromatic heterocycles. The lowest BCUT2D eigenvalue weighted by Gasteiger charge is -2.27. The summed E-state index contributed by atoms with van der Waals surface area (Å²) in [5.41, 5.74) is 5.25. The van der Waals surface area contributed by atoms with Crippen molar-refractivity contribution in [1.82, 2.24) is 20.4 Å². The molecule has 0 amide bonds. The fourth-order valence-electron chi connectivity index (χ4n) is 4.06. The number of halogens is 2. The molecular weight excluding hydrogens is 753 g/mol. The second kappa shape index (κ2) is 28.0. The summed E-state index contributed by atoms with van der Waals surface area (Å²) < 4.78 is 65.4. The minimum absolute atomic E-state index is 0.196. The van der Waals surface area contributed by atoms with Crippen molar-refractivity contribution in [2.24, 2.45) is 11.7 Å². The topological polar surface area (TPSA) is 229 Å². The van der Waals surface area contributed by atoms with Crippen molar-refractivity contribution in [3.63, 3.8) is 0 Å². The van der Waals surface area contributed by atoms with Crippen molar-refractivity contribution in [3.05, 3.63) is 0 Å². The number of nitrogens with zero attached hydrogens (tertiary/aromatic N) is 2. The fourth-order valence-corrected chi connectivity index (χ4v) is 8.91. The van der Waals surface area contributed by atoms with Crippen LogP contribution in [0.1, 0.15) is 12.8 Å². The number of rotatable bonds is 7. The average molecular weight is 813 g/mol. The van der Waals surface area contributed by atoms with Crippen molar-refractivity contribution in [2.75, 3.05) is 137 Å². The van der Waals surface area contributed by atoms with Crippen molar-refractivity contribution in [1.29, 1.82) is 0 Å². The number of β-amino-alcohol motifs (C(OH)–C–C–N with tert-alkyl or cyclic N) is 2. The van der Waals surface area contributed by atoms with Crippen LogP contribution < -0.4 is 16.4 Å². The highest BCUT2D eigenvalue weighted by Crippen LogP contribution is 2.29. The van der Waals surface area contributed by atoms with Gasteiger partial charge < -0.3 is 26.6 Å². The molecule has 290 valence electrons. The van der Waals surface area contributed by atoms with Crippen molar-refractivity contribution in [3.8, 4) is 0 Å². The van der Waals surface area contributed by atoms with E-state index in [1.54, 1.807) is 0 Å². The Morgan fingerprint density at radius 2 is 1.12 bits per heavy atom. The summed E-state index contributed by atoms with van der Waals surface area (Å²) >= 11 is 12.9. The molecule has 0 bridgehead atoms. The van der Waals surface area contributed by atoms with E-state index in [1.165, 1.54) is 44.5 Å². The number of nitrogens with two attached hydrogens (primary N) is 1. The fraction of sp³-hybridized carbons (Fsp3) is 1.00. The van der Waals surface area contributed by atoms with Crippen molar-refractivity contribution < 1.29 is 45.6 Å². The highest BCUT2D eigenvalue weighted by atomic mass is 35.5. The minimum atomic E-state index is -2.81. The number of alkyl halides is 2. The second-order valence-electron chi connectivity index (χ2n) is 11.6. The first-order valence-corrected chi connectivity index (χ1v) is 23.7. The number of sulfone groups is 3. The molecule has 15 nitrogen and oxygen atoms in total. The van der Waals surface area contributed by atoms with Crippen LogP contribution in [0.3, 0.4) is 0 Å². The first-order valence-electron chi connectivity index (χ1n) is 16.0. The van der Waals surface area contributed by atoms with Gasteiger partial charge in [-0.15, -0.1) is 23.2 Å². The molecule has 21 heteroatoms. The molecule has 7 N–H and O–H groups in total. The number of aliphatic hydroxyl groups is 2. The third-order valence-corrected chi connectivity index (χ3v) is 13.9. The van der Waals surface area contributed by atoms with Crippen LogP contribution >= 0.6 is 35.0 Å². The van der Waals surface area contributed by atoms with Gasteiger partial charge in [-0.05, 0) is 18.8 Å². The summed E-state index contributed by atoms with van der Waals surface area (Å²) in [5.74, 6) is 6.01. The van der Waals surface area contributed by atoms with Crippen molar-refractivity contribution in [2.45, 2.75) is 25.0 Å². The van der Waals surface area contributed by atoms with E-state index >= 15 is 0 Å². The summed E-state index contributed by atoms with van der Waals surface area (Å²) in [6.07, 6.45) is 1.66. The van der Waals surface area contributed by atoms with Gasteiger partial charge in [-0.3, -0.25) is 15.1 Å². The second-order valence-corrected chi connectivity index (χ2v) is 20.4. The van der Waals surface area contributed by atoms with Gasteiger partial charge in [0.25, 0.3) is 0 Å². The summed E-state index contributed by atoms with van der Waals surface area (Å²) in [4.78, 5) is 7.10. The maximum atomic E-state index is 11.0. The van der Waals surface area contributed by atoms with E-state index in [1.807, 2.05) is 21.6 Å². The molecule has 4 aliphatic heterocycles. The number of thioether (sulfide) groups is 1. The van der Waals surface area contributed by atoms with E-state index in [2.05, 4.69) is 15.5 Å². The maximum absolute atomic E-state index is 11.0. The van der Waals surface area contributed by atoms with Crippen LogP contribution in [0.5, 0.6) is 0 Å². The highest BCUT2D eigenvalue weighted by molar-refractivity contribution is 7.99. The Kier molecular flexibility index (Phi) is 28.2. The molecular formula is C27H59Cl2N5O10S4. The zero-order valence-corrected chi connectivity index (χ0v) is 32.8. The predicted molar refractivity (Wildman–Crippen MR) is 197 cm³/mol. The number of nitrogens with one attached hydrogen (secondary N) is 2. The molecule has 2 atom stereocenters. The lowest BCUT2D eigenvalue weighted by molar-refractivity contribution is -0.214. The normalized spacial score (nSPS) is 24.3. The Balaban J connectivity index is 0.000000586. The number of hydrogen-bond donors (Lipinski definition) is 6. The molecule has 5 fully saturated rings.